The van der Waals surface area contributed by atoms with Gasteiger partial charge in [-0.05, 0) is 31.2 Å². The van der Waals surface area contributed by atoms with Gasteiger partial charge in [-0.3, -0.25) is 4.79 Å². The van der Waals surface area contributed by atoms with Crippen molar-refractivity contribution in [1.82, 2.24) is 14.7 Å². The topological polar surface area (TPSA) is 75.4 Å². The average molecular weight is 359 g/mol. The van der Waals surface area contributed by atoms with Crippen LogP contribution in [0.25, 0.3) is 5.69 Å². The minimum atomic E-state index is -4.94. The molecule has 0 saturated carbocycles. The molecule has 1 unspecified atom stereocenters. The fourth-order valence-electron chi connectivity index (χ4n) is 2.09. The summed E-state index contributed by atoms with van der Waals surface area (Å²) >= 11 is 0. The van der Waals surface area contributed by atoms with Crippen molar-refractivity contribution >= 4 is 11.9 Å². The van der Waals surface area contributed by atoms with Crippen molar-refractivity contribution in [3.63, 3.8) is 0 Å². The van der Waals surface area contributed by atoms with Crippen LogP contribution in [0, 0.1) is 5.82 Å². The van der Waals surface area contributed by atoms with E-state index in [0.29, 0.717) is 15.8 Å². The fourth-order valence-corrected chi connectivity index (χ4v) is 2.09. The maximum absolute atomic E-state index is 13.5. The van der Waals surface area contributed by atoms with Crippen LogP contribution in [0.3, 0.4) is 0 Å². The zero-order valence-electron chi connectivity index (χ0n) is 13.1. The van der Waals surface area contributed by atoms with Crippen molar-refractivity contribution in [2.24, 2.45) is 0 Å². The predicted molar refractivity (Wildman–Crippen MR) is 77.7 cm³/mol. The van der Waals surface area contributed by atoms with Gasteiger partial charge in [0.05, 0.1) is 17.4 Å². The van der Waals surface area contributed by atoms with Gasteiger partial charge in [-0.1, -0.05) is 0 Å². The predicted octanol–water partition coefficient (Wildman–Crippen LogP) is 2.58. The minimum absolute atomic E-state index is 0.0956. The van der Waals surface area contributed by atoms with Crippen LogP contribution in [0.15, 0.2) is 30.5 Å². The maximum atomic E-state index is 13.5. The maximum Gasteiger partial charge on any atom is 0.434 e. The van der Waals surface area contributed by atoms with Gasteiger partial charge in [0.1, 0.15) is 11.9 Å². The minimum Gasteiger partial charge on any atom is -0.480 e. The standard InChI is InChI=1S/C15H13F4N3O3/c1-8(14(24)25)21(2)13(23)11-7-20-22(12(11)15(17,18)19)10-5-3-9(16)4-6-10/h3-8H,1-2H3,(H,24,25). The van der Waals surface area contributed by atoms with E-state index in [9.17, 15) is 27.2 Å². The smallest absolute Gasteiger partial charge is 0.434 e. The van der Waals surface area contributed by atoms with Crippen molar-refractivity contribution in [1.29, 1.82) is 0 Å². The number of carbonyl (C=O) groups is 2. The fraction of sp³-hybridized carbons (Fsp3) is 0.267. The number of carboxylic acids is 1. The second kappa shape index (κ2) is 6.54. The van der Waals surface area contributed by atoms with Gasteiger partial charge >= 0.3 is 12.1 Å². The number of benzene rings is 1. The van der Waals surface area contributed by atoms with E-state index in [4.69, 9.17) is 5.11 Å². The highest BCUT2D eigenvalue weighted by atomic mass is 19.4. The van der Waals surface area contributed by atoms with E-state index in [1.807, 2.05) is 0 Å². The first kappa shape index (κ1) is 18.4. The van der Waals surface area contributed by atoms with E-state index in [0.717, 1.165) is 38.2 Å². The lowest BCUT2D eigenvalue weighted by Gasteiger charge is -2.22. The Labute approximate surface area is 139 Å². The molecule has 10 heteroatoms. The van der Waals surface area contributed by atoms with Gasteiger partial charge in [0.2, 0.25) is 0 Å². The molecule has 0 radical (unpaired) electrons. The third kappa shape index (κ3) is 3.62. The van der Waals surface area contributed by atoms with Crippen LogP contribution in [-0.2, 0) is 11.0 Å². The van der Waals surface area contributed by atoms with Crippen LogP contribution in [-0.4, -0.2) is 44.8 Å². The molecule has 6 nitrogen and oxygen atoms in total. The van der Waals surface area contributed by atoms with Crippen molar-refractivity contribution in [2.45, 2.75) is 19.1 Å². The molecular formula is C15H13F4N3O3. The molecule has 1 aromatic carbocycles. The van der Waals surface area contributed by atoms with Gasteiger partial charge in [0.25, 0.3) is 5.91 Å². The highest BCUT2D eigenvalue weighted by Gasteiger charge is 2.41. The van der Waals surface area contributed by atoms with Crippen LogP contribution in [0.1, 0.15) is 23.0 Å². The van der Waals surface area contributed by atoms with Gasteiger partial charge < -0.3 is 10.0 Å². The molecule has 0 aliphatic rings. The molecule has 0 bridgehead atoms. The number of hydrogen-bond acceptors (Lipinski definition) is 3. The summed E-state index contributed by atoms with van der Waals surface area (Å²) in [7, 11) is 1.08. The first-order valence-corrected chi connectivity index (χ1v) is 6.95. The Hall–Kier alpha value is -2.91. The highest BCUT2D eigenvalue weighted by molar-refractivity contribution is 5.97. The number of nitrogens with zero attached hydrogens (tertiary/aromatic N) is 3. The summed E-state index contributed by atoms with van der Waals surface area (Å²) in [6.45, 7) is 1.16. The van der Waals surface area contributed by atoms with Crippen molar-refractivity contribution in [2.75, 3.05) is 7.05 Å². The molecule has 1 atom stereocenters. The molecule has 0 aliphatic heterocycles. The van der Waals surface area contributed by atoms with Gasteiger partial charge in [-0.15, -0.1) is 0 Å². The van der Waals surface area contributed by atoms with Gasteiger partial charge in [-0.25, -0.2) is 13.9 Å². The summed E-state index contributed by atoms with van der Waals surface area (Å²) in [4.78, 5) is 23.9. The second-order valence-corrected chi connectivity index (χ2v) is 5.22. The number of hydrogen-bond donors (Lipinski definition) is 1. The first-order valence-electron chi connectivity index (χ1n) is 6.95. The van der Waals surface area contributed by atoms with E-state index in [-0.39, 0.29) is 5.69 Å². The van der Waals surface area contributed by atoms with Crippen molar-refractivity contribution < 1.29 is 32.3 Å². The quantitative estimate of drug-likeness (QED) is 0.852. The number of aromatic nitrogens is 2. The number of amides is 1. The zero-order valence-corrected chi connectivity index (χ0v) is 13.1. The third-order valence-electron chi connectivity index (χ3n) is 3.60. The molecule has 1 heterocycles. The average Bonchev–Trinajstić information content (AvgIpc) is 2.98. The zero-order chi connectivity index (χ0) is 18.9. The number of aliphatic carboxylic acids is 1. The Morgan fingerprint density at radius 3 is 2.28 bits per heavy atom. The van der Waals surface area contributed by atoms with E-state index in [1.165, 1.54) is 0 Å². The summed E-state index contributed by atoms with van der Waals surface area (Å²) in [6, 6.07) is 2.74. The Bertz CT molecular complexity index is 799. The van der Waals surface area contributed by atoms with Crippen LogP contribution in [0.4, 0.5) is 17.6 Å². The molecule has 1 aromatic heterocycles. The number of alkyl halides is 3. The lowest BCUT2D eigenvalue weighted by molar-refractivity contribution is -0.143. The summed E-state index contributed by atoms with van der Waals surface area (Å²) in [5.74, 6) is -3.15. The molecule has 0 aliphatic carbocycles. The van der Waals surface area contributed by atoms with E-state index >= 15 is 0 Å². The van der Waals surface area contributed by atoms with Crippen molar-refractivity contribution in [3.05, 3.63) is 47.5 Å². The molecule has 2 rings (SSSR count). The molecular weight excluding hydrogens is 346 g/mol. The molecule has 0 saturated heterocycles. The summed E-state index contributed by atoms with van der Waals surface area (Å²) in [6.07, 6.45) is -4.23. The molecule has 0 spiro atoms. The van der Waals surface area contributed by atoms with Crippen LogP contribution < -0.4 is 0 Å². The van der Waals surface area contributed by atoms with Crippen LogP contribution >= 0.6 is 0 Å². The number of carbonyl (C=O) groups excluding carboxylic acids is 1. The normalized spacial score (nSPS) is 12.7. The van der Waals surface area contributed by atoms with E-state index in [2.05, 4.69) is 5.10 Å². The lowest BCUT2D eigenvalue weighted by Crippen LogP contribution is -2.40. The SMILES string of the molecule is CC(C(=O)O)N(C)C(=O)c1cnn(-c2ccc(F)cc2)c1C(F)(F)F. The Morgan fingerprint density at radius 2 is 1.80 bits per heavy atom. The van der Waals surface area contributed by atoms with Gasteiger partial charge in [0, 0.05) is 7.05 Å². The lowest BCUT2D eigenvalue weighted by atomic mass is 10.1. The second-order valence-electron chi connectivity index (χ2n) is 5.22. The molecule has 134 valence electrons. The number of carboxylic acid groups (broad SMARTS) is 1. The highest BCUT2D eigenvalue weighted by Crippen LogP contribution is 2.34. The number of likely N-dealkylation sites (N-methyl/N-ethyl adjacent to an activating group) is 1. The van der Waals surface area contributed by atoms with Gasteiger partial charge in [0.15, 0.2) is 5.69 Å². The molecule has 25 heavy (non-hydrogen) atoms. The molecule has 1 amide bonds. The van der Waals surface area contributed by atoms with E-state index < -0.39 is 41.2 Å². The van der Waals surface area contributed by atoms with Gasteiger partial charge in [-0.2, -0.15) is 18.3 Å². The number of halogens is 4. The Balaban J connectivity index is 2.55. The Morgan fingerprint density at radius 1 is 1.24 bits per heavy atom. The third-order valence-corrected chi connectivity index (χ3v) is 3.60. The summed E-state index contributed by atoms with van der Waals surface area (Å²) in [5.41, 5.74) is -2.26. The Kier molecular flexibility index (Phi) is 4.82. The van der Waals surface area contributed by atoms with Crippen molar-refractivity contribution in [3.8, 4) is 5.69 Å². The van der Waals surface area contributed by atoms with Crippen LogP contribution in [0.2, 0.25) is 0 Å². The summed E-state index contributed by atoms with van der Waals surface area (Å²) < 4.78 is 53.8. The van der Waals surface area contributed by atoms with E-state index in [1.54, 1.807) is 0 Å². The number of rotatable bonds is 4. The molecule has 2 aromatic rings. The molecule has 0 fully saturated rings. The first-order chi connectivity index (χ1) is 11.5. The largest absolute Gasteiger partial charge is 0.480 e. The molecule has 1 N–H and O–H groups in total. The monoisotopic (exact) mass is 359 g/mol. The van der Waals surface area contributed by atoms with Crippen LogP contribution in [0.5, 0.6) is 0 Å². The summed E-state index contributed by atoms with van der Waals surface area (Å²) in [5, 5.41) is 12.5.